The third-order valence-corrected chi connectivity index (χ3v) is 6.92. The van der Waals surface area contributed by atoms with E-state index >= 15 is 0 Å². The van der Waals surface area contributed by atoms with Crippen molar-refractivity contribution in [2.24, 2.45) is 11.8 Å². The van der Waals surface area contributed by atoms with Crippen molar-refractivity contribution in [3.8, 4) is 0 Å². The van der Waals surface area contributed by atoms with Crippen molar-refractivity contribution in [1.82, 2.24) is 9.21 Å². The molecule has 0 aromatic heterocycles. The van der Waals surface area contributed by atoms with Gasteiger partial charge in [0.1, 0.15) is 0 Å². The number of fused-ring (bicyclic) bond motifs is 1. The molecule has 2 aliphatic heterocycles. The minimum atomic E-state index is -3.33. The summed E-state index contributed by atoms with van der Waals surface area (Å²) in [5.41, 5.74) is 1.32. The zero-order chi connectivity index (χ0) is 19.2. The molecule has 2 saturated heterocycles. The van der Waals surface area contributed by atoms with Gasteiger partial charge in [-0.1, -0.05) is 42.5 Å². The predicted molar refractivity (Wildman–Crippen MR) is 99.3 cm³/mol. The Kier molecular flexibility index (Phi) is 4.78. The number of nitrogens with zero attached hydrogens (tertiary/aromatic N) is 2. The standard InChI is InChI=1S/C20H22F2N2O2S/c1-27(25,26)24-12-16-11-23(10-15-8-5-9-18(21)19(15)22)13-17(16)20(24)14-6-3-2-4-7-14/h2-9,16-17,20H,10-13H2,1H3/t16-,17-,20+/m1/s1. The topological polar surface area (TPSA) is 40.6 Å². The van der Waals surface area contributed by atoms with E-state index in [-0.39, 0.29) is 17.9 Å². The van der Waals surface area contributed by atoms with Crippen LogP contribution >= 0.6 is 0 Å². The number of rotatable bonds is 4. The van der Waals surface area contributed by atoms with E-state index in [9.17, 15) is 17.2 Å². The van der Waals surface area contributed by atoms with Crippen LogP contribution in [0.15, 0.2) is 48.5 Å². The fourth-order valence-electron chi connectivity index (χ4n) is 4.54. The lowest BCUT2D eigenvalue weighted by Crippen LogP contribution is -2.35. The van der Waals surface area contributed by atoms with Crippen LogP contribution in [0.2, 0.25) is 0 Å². The summed E-state index contributed by atoms with van der Waals surface area (Å²) in [6.45, 7) is 2.13. The van der Waals surface area contributed by atoms with Crippen molar-refractivity contribution in [2.45, 2.75) is 12.6 Å². The molecule has 144 valence electrons. The highest BCUT2D eigenvalue weighted by Gasteiger charge is 2.50. The van der Waals surface area contributed by atoms with Gasteiger partial charge >= 0.3 is 0 Å². The molecule has 0 amide bonds. The van der Waals surface area contributed by atoms with Crippen molar-refractivity contribution in [2.75, 3.05) is 25.9 Å². The Labute approximate surface area is 158 Å². The molecule has 4 nitrogen and oxygen atoms in total. The minimum absolute atomic E-state index is 0.138. The van der Waals surface area contributed by atoms with Crippen LogP contribution in [0.25, 0.3) is 0 Å². The van der Waals surface area contributed by atoms with Crippen molar-refractivity contribution < 1.29 is 17.2 Å². The average molecular weight is 392 g/mol. The Balaban J connectivity index is 1.58. The van der Waals surface area contributed by atoms with Crippen molar-refractivity contribution in [3.63, 3.8) is 0 Å². The first-order chi connectivity index (χ1) is 12.8. The van der Waals surface area contributed by atoms with Crippen LogP contribution in [0, 0.1) is 23.5 Å². The minimum Gasteiger partial charge on any atom is -0.298 e. The van der Waals surface area contributed by atoms with Gasteiger partial charge in [-0.05, 0) is 23.5 Å². The van der Waals surface area contributed by atoms with Gasteiger partial charge < -0.3 is 0 Å². The second-order valence-corrected chi connectivity index (χ2v) is 9.45. The maximum absolute atomic E-state index is 14.0. The molecular weight excluding hydrogens is 370 g/mol. The third-order valence-electron chi connectivity index (χ3n) is 5.69. The molecule has 4 rings (SSSR count). The number of halogens is 2. The van der Waals surface area contributed by atoms with Crippen LogP contribution in [0.3, 0.4) is 0 Å². The van der Waals surface area contributed by atoms with E-state index < -0.39 is 21.7 Å². The smallest absolute Gasteiger partial charge is 0.211 e. The van der Waals surface area contributed by atoms with Gasteiger partial charge in [0.2, 0.25) is 10.0 Å². The summed E-state index contributed by atoms with van der Waals surface area (Å²) in [6.07, 6.45) is 1.25. The maximum atomic E-state index is 14.0. The van der Waals surface area contributed by atoms with E-state index in [1.807, 2.05) is 30.3 Å². The number of likely N-dealkylation sites (tertiary alicyclic amines) is 1. The highest BCUT2D eigenvalue weighted by molar-refractivity contribution is 7.88. The van der Waals surface area contributed by atoms with Crippen LogP contribution in [0.1, 0.15) is 17.2 Å². The average Bonchev–Trinajstić information content (AvgIpc) is 3.16. The van der Waals surface area contributed by atoms with Crippen LogP contribution in [-0.2, 0) is 16.6 Å². The molecule has 7 heteroatoms. The molecular formula is C20H22F2N2O2S. The second-order valence-electron chi connectivity index (χ2n) is 7.52. The van der Waals surface area contributed by atoms with Gasteiger partial charge in [0.25, 0.3) is 0 Å². The number of benzene rings is 2. The lowest BCUT2D eigenvalue weighted by molar-refractivity contribution is 0.257. The molecule has 2 aromatic carbocycles. The lowest BCUT2D eigenvalue weighted by atomic mass is 9.90. The summed E-state index contributed by atoms with van der Waals surface area (Å²) in [6, 6.07) is 13.7. The van der Waals surface area contributed by atoms with Crippen LogP contribution in [0.5, 0.6) is 0 Å². The largest absolute Gasteiger partial charge is 0.298 e. The van der Waals surface area contributed by atoms with Gasteiger partial charge in [-0.15, -0.1) is 0 Å². The van der Waals surface area contributed by atoms with Gasteiger partial charge in [-0.2, -0.15) is 4.31 Å². The van der Waals surface area contributed by atoms with Crippen LogP contribution in [0.4, 0.5) is 8.78 Å². The Morgan fingerprint density at radius 1 is 1.00 bits per heavy atom. The van der Waals surface area contributed by atoms with Crippen molar-refractivity contribution >= 4 is 10.0 Å². The van der Waals surface area contributed by atoms with Gasteiger partial charge in [0.05, 0.1) is 12.3 Å². The van der Waals surface area contributed by atoms with Gasteiger partial charge in [-0.25, -0.2) is 17.2 Å². The fourth-order valence-corrected chi connectivity index (χ4v) is 5.70. The van der Waals surface area contributed by atoms with Crippen LogP contribution in [-0.4, -0.2) is 43.5 Å². The highest BCUT2D eigenvalue weighted by atomic mass is 32.2. The first-order valence-corrected chi connectivity index (χ1v) is 10.9. The molecule has 0 spiro atoms. The molecule has 0 N–H and O–H groups in total. The molecule has 2 heterocycles. The molecule has 2 aromatic rings. The van der Waals surface area contributed by atoms with E-state index in [2.05, 4.69) is 4.90 Å². The summed E-state index contributed by atoms with van der Waals surface area (Å²) < 4.78 is 53.7. The number of hydrogen-bond acceptors (Lipinski definition) is 3. The molecule has 27 heavy (non-hydrogen) atoms. The molecule has 0 saturated carbocycles. The van der Waals surface area contributed by atoms with Crippen molar-refractivity contribution in [3.05, 3.63) is 71.3 Å². The Hall–Kier alpha value is -1.83. The Morgan fingerprint density at radius 2 is 1.74 bits per heavy atom. The number of sulfonamides is 1. The van der Waals surface area contributed by atoms with Crippen LogP contribution < -0.4 is 0 Å². The van der Waals surface area contributed by atoms with Gasteiger partial charge in [-0.3, -0.25) is 4.90 Å². The lowest BCUT2D eigenvalue weighted by Gasteiger charge is -2.28. The first-order valence-electron chi connectivity index (χ1n) is 9.01. The summed E-state index contributed by atoms with van der Waals surface area (Å²) in [4.78, 5) is 2.10. The van der Waals surface area contributed by atoms with E-state index in [1.54, 1.807) is 10.4 Å². The quantitative estimate of drug-likeness (QED) is 0.803. The van der Waals surface area contributed by atoms with Gasteiger partial charge in [0, 0.05) is 31.7 Å². The molecule has 0 aliphatic carbocycles. The highest BCUT2D eigenvalue weighted by Crippen LogP contribution is 2.46. The third kappa shape index (κ3) is 3.51. The van der Waals surface area contributed by atoms with E-state index in [1.165, 1.54) is 12.3 Å². The molecule has 2 fully saturated rings. The Bertz CT molecular complexity index is 936. The predicted octanol–water partition coefficient (Wildman–Crippen LogP) is 3.03. The first kappa shape index (κ1) is 18.5. The maximum Gasteiger partial charge on any atom is 0.211 e. The summed E-state index contributed by atoms with van der Waals surface area (Å²) in [5, 5.41) is 0. The molecule has 0 unspecified atom stereocenters. The summed E-state index contributed by atoms with van der Waals surface area (Å²) in [7, 11) is -3.33. The van der Waals surface area contributed by atoms with E-state index in [0.717, 1.165) is 11.6 Å². The molecule has 0 radical (unpaired) electrons. The number of hydrogen-bond donors (Lipinski definition) is 0. The zero-order valence-electron chi connectivity index (χ0n) is 15.1. The summed E-state index contributed by atoms with van der Waals surface area (Å²) >= 11 is 0. The summed E-state index contributed by atoms with van der Waals surface area (Å²) in [5.74, 6) is -1.32. The molecule has 3 atom stereocenters. The SMILES string of the molecule is CS(=O)(=O)N1C[C@H]2CN(Cc3cccc(F)c3F)C[C@H]2[C@@H]1c1ccccc1. The molecule has 0 bridgehead atoms. The Morgan fingerprint density at radius 3 is 2.44 bits per heavy atom. The van der Waals surface area contributed by atoms with E-state index in [0.29, 0.717) is 31.7 Å². The van der Waals surface area contributed by atoms with E-state index in [4.69, 9.17) is 0 Å². The van der Waals surface area contributed by atoms with Crippen molar-refractivity contribution in [1.29, 1.82) is 0 Å². The van der Waals surface area contributed by atoms with Gasteiger partial charge in [0.15, 0.2) is 11.6 Å². The fraction of sp³-hybridized carbons (Fsp3) is 0.400. The second kappa shape index (κ2) is 6.96. The zero-order valence-corrected chi connectivity index (χ0v) is 15.9. The monoisotopic (exact) mass is 392 g/mol. The molecule has 2 aliphatic rings. The normalized spacial score (nSPS) is 26.4.